The minimum atomic E-state index is -0.0212. The molecule has 1 amide bonds. The summed E-state index contributed by atoms with van der Waals surface area (Å²) in [6.45, 7) is 4.91. The molecule has 0 radical (unpaired) electrons. The standard InChI is InChI=1S/C18H19N3O3/c1-11-16(12(2)24-20-11)18(22)21-9-5-6-13(10-21)17-19-14-7-3-4-8-15(14)23-17/h3-4,7-8,13H,5-6,9-10H2,1-2H3/t13-/m0/s1. The number of aromatic nitrogens is 2. The summed E-state index contributed by atoms with van der Waals surface area (Å²) in [5.41, 5.74) is 2.87. The van der Waals surface area contributed by atoms with Crippen molar-refractivity contribution in [2.45, 2.75) is 32.6 Å². The van der Waals surface area contributed by atoms with Gasteiger partial charge in [-0.3, -0.25) is 4.79 Å². The first-order chi connectivity index (χ1) is 11.6. The van der Waals surface area contributed by atoms with Crippen LogP contribution in [0.3, 0.4) is 0 Å². The second-order valence-corrected chi connectivity index (χ2v) is 6.31. The minimum absolute atomic E-state index is 0.0212. The van der Waals surface area contributed by atoms with Crippen molar-refractivity contribution in [3.05, 3.63) is 47.2 Å². The second-order valence-electron chi connectivity index (χ2n) is 6.31. The molecule has 1 saturated heterocycles. The molecule has 0 N–H and O–H groups in total. The highest BCUT2D eigenvalue weighted by Gasteiger charge is 2.31. The van der Waals surface area contributed by atoms with E-state index in [1.54, 1.807) is 13.8 Å². The number of carbonyl (C=O) groups excluding carboxylic acids is 1. The molecule has 2 aromatic heterocycles. The number of nitrogens with zero attached hydrogens (tertiary/aromatic N) is 3. The zero-order valence-corrected chi connectivity index (χ0v) is 13.8. The average Bonchev–Trinajstić information content (AvgIpc) is 3.18. The van der Waals surface area contributed by atoms with Crippen LogP contribution >= 0.6 is 0 Å². The lowest BCUT2D eigenvalue weighted by molar-refractivity contribution is 0.0696. The van der Waals surface area contributed by atoms with Gasteiger partial charge in [0.25, 0.3) is 5.91 Å². The van der Waals surface area contributed by atoms with Gasteiger partial charge in [0.1, 0.15) is 16.8 Å². The number of piperidine rings is 1. The number of oxazole rings is 1. The maximum absolute atomic E-state index is 12.8. The fraction of sp³-hybridized carbons (Fsp3) is 0.389. The summed E-state index contributed by atoms with van der Waals surface area (Å²) in [5.74, 6) is 1.39. The van der Waals surface area contributed by atoms with Crippen LogP contribution in [-0.4, -0.2) is 34.0 Å². The summed E-state index contributed by atoms with van der Waals surface area (Å²) in [7, 11) is 0. The van der Waals surface area contributed by atoms with Crippen LogP contribution in [0.25, 0.3) is 11.1 Å². The molecular weight excluding hydrogens is 306 g/mol. The largest absolute Gasteiger partial charge is 0.440 e. The third-order valence-electron chi connectivity index (χ3n) is 4.62. The highest BCUT2D eigenvalue weighted by molar-refractivity contribution is 5.96. The lowest BCUT2D eigenvalue weighted by Gasteiger charge is -2.31. The van der Waals surface area contributed by atoms with Gasteiger partial charge >= 0.3 is 0 Å². The number of rotatable bonds is 2. The van der Waals surface area contributed by atoms with E-state index in [9.17, 15) is 4.79 Å². The molecule has 0 unspecified atom stereocenters. The maximum atomic E-state index is 12.8. The van der Waals surface area contributed by atoms with Gasteiger partial charge in [-0.2, -0.15) is 0 Å². The summed E-state index contributed by atoms with van der Waals surface area (Å²) in [6, 6.07) is 7.74. The van der Waals surface area contributed by atoms with E-state index in [0.29, 0.717) is 29.5 Å². The fourth-order valence-corrected chi connectivity index (χ4v) is 3.37. The van der Waals surface area contributed by atoms with Crippen LogP contribution in [0.1, 0.15) is 46.5 Å². The van der Waals surface area contributed by atoms with Crippen molar-refractivity contribution in [1.29, 1.82) is 0 Å². The Morgan fingerprint density at radius 1 is 1.29 bits per heavy atom. The Balaban J connectivity index is 1.58. The number of hydrogen-bond donors (Lipinski definition) is 0. The Kier molecular flexibility index (Phi) is 3.59. The topological polar surface area (TPSA) is 72.4 Å². The number of aryl methyl sites for hydroxylation is 2. The number of benzene rings is 1. The lowest BCUT2D eigenvalue weighted by Crippen LogP contribution is -2.39. The third kappa shape index (κ3) is 2.48. The number of fused-ring (bicyclic) bond motifs is 1. The number of amides is 1. The van der Waals surface area contributed by atoms with E-state index < -0.39 is 0 Å². The molecule has 0 bridgehead atoms. The molecule has 124 valence electrons. The van der Waals surface area contributed by atoms with E-state index >= 15 is 0 Å². The number of hydrogen-bond acceptors (Lipinski definition) is 5. The van der Waals surface area contributed by atoms with Gasteiger partial charge in [0.2, 0.25) is 0 Å². The van der Waals surface area contributed by atoms with Crippen molar-refractivity contribution in [1.82, 2.24) is 15.0 Å². The predicted molar refractivity (Wildman–Crippen MR) is 87.9 cm³/mol. The zero-order valence-electron chi connectivity index (χ0n) is 13.8. The number of likely N-dealkylation sites (tertiary alicyclic amines) is 1. The molecule has 0 aliphatic carbocycles. The van der Waals surface area contributed by atoms with Crippen molar-refractivity contribution >= 4 is 17.0 Å². The highest BCUT2D eigenvalue weighted by atomic mass is 16.5. The molecule has 3 aromatic rings. The molecule has 1 aliphatic rings. The van der Waals surface area contributed by atoms with Gasteiger partial charge in [-0.25, -0.2) is 4.98 Å². The molecule has 0 saturated carbocycles. The van der Waals surface area contributed by atoms with E-state index in [1.165, 1.54) is 0 Å². The van der Waals surface area contributed by atoms with E-state index in [1.807, 2.05) is 29.2 Å². The van der Waals surface area contributed by atoms with Crippen LogP contribution in [0.5, 0.6) is 0 Å². The van der Waals surface area contributed by atoms with Crippen molar-refractivity contribution in [2.75, 3.05) is 13.1 Å². The number of carbonyl (C=O) groups is 1. The normalized spacial score (nSPS) is 18.2. The van der Waals surface area contributed by atoms with Crippen LogP contribution in [0.15, 0.2) is 33.2 Å². The van der Waals surface area contributed by atoms with Crippen molar-refractivity contribution in [2.24, 2.45) is 0 Å². The quantitative estimate of drug-likeness (QED) is 0.721. The SMILES string of the molecule is Cc1noc(C)c1C(=O)N1CCC[C@H](c2nc3ccccc3o2)C1. The summed E-state index contributed by atoms with van der Waals surface area (Å²) in [6.07, 6.45) is 1.90. The Morgan fingerprint density at radius 2 is 2.12 bits per heavy atom. The summed E-state index contributed by atoms with van der Waals surface area (Å²) < 4.78 is 11.0. The Bertz CT molecular complexity index is 843. The molecule has 1 atom stereocenters. The molecule has 0 spiro atoms. The van der Waals surface area contributed by atoms with Gasteiger partial charge in [0, 0.05) is 13.1 Å². The smallest absolute Gasteiger partial charge is 0.259 e. The van der Waals surface area contributed by atoms with Gasteiger partial charge in [-0.05, 0) is 38.8 Å². The first-order valence-electron chi connectivity index (χ1n) is 8.21. The van der Waals surface area contributed by atoms with Crippen molar-refractivity contribution in [3.63, 3.8) is 0 Å². The fourth-order valence-electron chi connectivity index (χ4n) is 3.37. The van der Waals surface area contributed by atoms with E-state index in [4.69, 9.17) is 8.94 Å². The van der Waals surface area contributed by atoms with Crippen molar-refractivity contribution < 1.29 is 13.7 Å². The molecule has 4 rings (SSSR count). The highest BCUT2D eigenvalue weighted by Crippen LogP contribution is 2.30. The molecule has 1 fully saturated rings. The molecule has 3 heterocycles. The maximum Gasteiger partial charge on any atom is 0.259 e. The zero-order chi connectivity index (χ0) is 16.7. The lowest BCUT2D eigenvalue weighted by atomic mass is 9.97. The summed E-state index contributed by atoms with van der Waals surface area (Å²) >= 11 is 0. The Morgan fingerprint density at radius 3 is 2.88 bits per heavy atom. The Labute approximate surface area is 139 Å². The molecule has 1 aliphatic heterocycles. The van der Waals surface area contributed by atoms with Crippen LogP contribution in [0.2, 0.25) is 0 Å². The van der Waals surface area contributed by atoms with E-state index in [0.717, 1.165) is 30.5 Å². The van der Waals surface area contributed by atoms with E-state index in [2.05, 4.69) is 10.1 Å². The monoisotopic (exact) mass is 325 g/mol. The van der Waals surface area contributed by atoms with Gasteiger partial charge in [0.05, 0.1) is 11.6 Å². The number of para-hydroxylation sites is 2. The van der Waals surface area contributed by atoms with Gasteiger partial charge in [0.15, 0.2) is 11.5 Å². The van der Waals surface area contributed by atoms with Gasteiger partial charge < -0.3 is 13.8 Å². The van der Waals surface area contributed by atoms with Crippen LogP contribution < -0.4 is 0 Å². The predicted octanol–water partition coefficient (Wildman–Crippen LogP) is 3.45. The van der Waals surface area contributed by atoms with Crippen LogP contribution in [0, 0.1) is 13.8 Å². The van der Waals surface area contributed by atoms with Gasteiger partial charge in [-0.1, -0.05) is 17.3 Å². The minimum Gasteiger partial charge on any atom is -0.440 e. The summed E-state index contributed by atoms with van der Waals surface area (Å²) in [5, 5.41) is 3.88. The molecule has 6 nitrogen and oxygen atoms in total. The van der Waals surface area contributed by atoms with E-state index in [-0.39, 0.29) is 11.8 Å². The molecule has 24 heavy (non-hydrogen) atoms. The molecular formula is C18H19N3O3. The summed E-state index contributed by atoms with van der Waals surface area (Å²) in [4.78, 5) is 19.3. The molecule has 6 heteroatoms. The first kappa shape index (κ1) is 14.9. The Hall–Kier alpha value is -2.63. The second kappa shape index (κ2) is 5.78. The molecule has 1 aromatic carbocycles. The third-order valence-corrected chi connectivity index (χ3v) is 4.62. The van der Waals surface area contributed by atoms with Crippen LogP contribution in [-0.2, 0) is 0 Å². The van der Waals surface area contributed by atoms with Crippen molar-refractivity contribution in [3.8, 4) is 0 Å². The van der Waals surface area contributed by atoms with Gasteiger partial charge in [-0.15, -0.1) is 0 Å². The average molecular weight is 325 g/mol. The van der Waals surface area contributed by atoms with Crippen LogP contribution in [0.4, 0.5) is 0 Å². The first-order valence-corrected chi connectivity index (χ1v) is 8.21.